The van der Waals surface area contributed by atoms with Gasteiger partial charge < -0.3 is 9.88 Å². The first-order valence-electron chi connectivity index (χ1n) is 9.16. The van der Waals surface area contributed by atoms with Crippen LogP contribution in [0.2, 0.25) is 0 Å². The van der Waals surface area contributed by atoms with Gasteiger partial charge >= 0.3 is 0 Å². The Bertz CT molecular complexity index is 1000. The Morgan fingerprint density at radius 2 is 1.93 bits per heavy atom. The van der Waals surface area contributed by atoms with Crippen molar-refractivity contribution in [2.75, 3.05) is 11.1 Å². The van der Waals surface area contributed by atoms with Gasteiger partial charge in [0.05, 0.1) is 11.3 Å². The van der Waals surface area contributed by atoms with Gasteiger partial charge in [-0.3, -0.25) is 4.79 Å². The van der Waals surface area contributed by atoms with Crippen LogP contribution in [0.15, 0.2) is 41.7 Å². The Labute approximate surface area is 171 Å². The first-order valence-corrected chi connectivity index (χ1v) is 10.1. The van der Waals surface area contributed by atoms with Gasteiger partial charge in [-0.25, -0.2) is 9.37 Å². The van der Waals surface area contributed by atoms with E-state index in [1.54, 1.807) is 4.57 Å². The van der Waals surface area contributed by atoms with Crippen molar-refractivity contribution in [3.63, 3.8) is 0 Å². The Balaban J connectivity index is 1.67. The SMILES string of the molecule is CCn1c(SCC(=O)Nc2ccc(C(C)C)cc2)nnc1-c1cnc(F)cc1F. The molecule has 0 saturated heterocycles. The number of rotatable bonds is 7. The molecule has 0 saturated carbocycles. The molecule has 1 aromatic carbocycles. The summed E-state index contributed by atoms with van der Waals surface area (Å²) in [6, 6.07) is 8.41. The lowest BCUT2D eigenvalue weighted by molar-refractivity contribution is -0.113. The number of carbonyl (C=O) groups excluding carboxylic acids is 1. The highest BCUT2D eigenvalue weighted by atomic mass is 32.2. The summed E-state index contributed by atoms with van der Waals surface area (Å²) in [7, 11) is 0. The van der Waals surface area contributed by atoms with Crippen molar-refractivity contribution in [2.24, 2.45) is 0 Å². The van der Waals surface area contributed by atoms with Crippen molar-refractivity contribution >= 4 is 23.4 Å². The standard InChI is InChI=1S/C20H21F2N5OS/c1-4-27-19(15-10-23-17(22)9-16(15)21)25-26-20(27)29-11-18(28)24-14-7-5-13(6-8-14)12(2)3/h5-10,12H,4,11H2,1-3H3,(H,24,28). The van der Waals surface area contributed by atoms with Gasteiger partial charge in [0.15, 0.2) is 11.0 Å². The third-order valence-electron chi connectivity index (χ3n) is 4.29. The van der Waals surface area contributed by atoms with Crippen molar-refractivity contribution in [2.45, 2.75) is 38.4 Å². The maximum Gasteiger partial charge on any atom is 0.234 e. The van der Waals surface area contributed by atoms with Crippen LogP contribution in [0.3, 0.4) is 0 Å². The summed E-state index contributed by atoms with van der Waals surface area (Å²) >= 11 is 1.19. The number of hydrogen-bond donors (Lipinski definition) is 1. The average molecular weight is 417 g/mol. The van der Waals surface area contributed by atoms with E-state index in [0.717, 1.165) is 11.9 Å². The molecule has 2 heterocycles. The molecule has 0 unspecified atom stereocenters. The molecule has 3 aromatic rings. The van der Waals surface area contributed by atoms with Crippen LogP contribution in [-0.2, 0) is 11.3 Å². The summed E-state index contributed by atoms with van der Waals surface area (Å²) in [5.74, 6) is -1.07. The molecule has 0 bridgehead atoms. The van der Waals surface area contributed by atoms with Gasteiger partial charge in [0.1, 0.15) is 5.82 Å². The van der Waals surface area contributed by atoms with E-state index in [1.165, 1.54) is 17.3 Å². The lowest BCUT2D eigenvalue weighted by Crippen LogP contribution is -2.14. The zero-order chi connectivity index (χ0) is 21.0. The third-order valence-corrected chi connectivity index (χ3v) is 5.25. The first kappa shape index (κ1) is 20.9. The van der Waals surface area contributed by atoms with Gasteiger partial charge in [0.25, 0.3) is 0 Å². The number of amides is 1. The molecular formula is C20H21F2N5OS. The number of carbonyl (C=O) groups is 1. The molecule has 0 fully saturated rings. The minimum atomic E-state index is -0.901. The van der Waals surface area contributed by atoms with Crippen LogP contribution in [0.4, 0.5) is 14.5 Å². The molecule has 9 heteroatoms. The number of pyridine rings is 1. The smallest absolute Gasteiger partial charge is 0.234 e. The molecule has 0 atom stereocenters. The normalized spacial score (nSPS) is 11.1. The van der Waals surface area contributed by atoms with Crippen molar-refractivity contribution < 1.29 is 13.6 Å². The Morgan fingerprint density at radius 3 is 2.55 bits per heavy atom. The molecule has 1 N–H and O–H groups in total. The molecule has 0 aliphatic rings. The van der Waals surface area contributed by atoms with Crippen LogP contribution >= 0.6 is 11.8 Å². The van der Waals surface area contributed by atoms with Gasteiger partial charge in [0.2, 0.25) is 11.9 Å². The van der Waals surface area contributed by atoms with Crippen molar-refractivity contribution in [3.8, 4) is 11.4 Å². The number of anilines is 1. The minimum absolute atomic E-state index is 0.0577. The predicted molar refractivity (Wildman–Crippen MR) is 109 cm³/mol. The molecule has 2 aromatic heterocycles. The molecule has 6 nitrogen and oxygen atoms in total. The molecular weight excluding hydrogens is 396 g/mol. The Hall–Kier alpha value is -2.81. The van der Waals surface area contributed by atoms with Gasteiger partial charge in [-0.15, -0.1) is 10.2 Å². The number of aromatic nitrogens is 4. The molecule has 152 valence electrons. The predicted octanol–water partition coefficient (Wildman–Crippen LogP) is 4.49. The number of benzene rings is 1. The van der Waals surface area contributed by atoms with Gasteiger partial charge in [-0.2, -0.15) is 4.39 Å². The molecule has 29 heavy (non-hydrogen) atoms. The number of nitrogens with zero attached hydrogens (tertiary/aromatic N) is 4. The van der Waals surface area contributed by atoms with E-state index in [0.29, 0.717) is 23.7 Å². The molecule has 0 aliphatic carbocycles. The van der Waals surface area contributed by atoms with Gasteiger partial charge in [-0.05, 0) is 30.5 Å². The first-order chi connectivity index (χ1) is 13.9. The highest BCUT2D eigenvalue weighted by molar-refractivity contribution is 7.99. The topological polar surface area (TPSA) is 72.7 Å². The largest absolute Gasteiger partial charge is 0.325 e. The molecule has 3 rings (SSSR count). The number of halogens is 2. The van der Waals surface area contributed by atoms with Crippen LogP contribution in [0, 0.1) is 11.8 Å². The second-order valence-electron chi connectivity index (χ2n) is 6.65. The summed E-state index contributed by atoms with van der Waals surface area (Å²) in [4.78, 5) is 15.8. The van der Waals surface area contributed by atoms with Crippen molar-refractivity contribution in [1.29, 1.82) is 0 Å². The monoisotopic (exact) mass is 417 g/mol. The summed E-state index contributed by atoms with van der Waals surface area (Å²) in [5, 5.41) is 11.3. The number of nitrogens with one attached hydrogen (secondary N) is 1. The Morgan fingerprint density at radius 1 is 1.21 bits per heavy atom. The van der Waals surface area contributed by atoms with Crippen LogP contribution in [0.25, 0.3) is 11.4 Å². The molecule has 0 spiro atoms. The van der Waals surface area contributed by atoms with E-state index in [-0.39, 0.29) is 23.0 Å². The van der Waals surface area contributed by atoms with Crippen LogP contribution in [-0.4, -0.2) is 31.4 Å². The second-order valence-corrected chi connectivity index (χ2v) is 7.59. The maximum atomic E-state index is 14.1. The summed E-state index contributed by atoms with van der Waals surface area (Å²) in [5.41, 5.74) is 1.97. The maximum absolute atomic E-state index is 14.1. The fourth-order valence-electron chi connectivity index (χ4n) is 2.73. The van der Waals surface area contributed by atoms with E-state index >= 15 is 0 Å². The molecule has 1 amide bonds. The average Bonchev–Trinajstić information content (AvgIpc) is 3.09. The number of thioether (sulfide) groups is 1. The zero-order valence-corrected chi connectivity index (χ0v) is 17.1. The fourth-order valence-corrected chi connectivity index (χ4v) is 3.53. The Kier molecular flexibility index (Phi) is 6.58. The van der Waals surface area contributed by atoms with Crippen LogP contribution in [0.5, 0.6) is 0 Å². The van der Waals surface area contributed by atoms with Crippen LogP contribution < -0.4 is 5.32 Å². The lowest BCUT2D eigenvalue weighted by Gasteiger charge is -2.09. The zero-order valence-electron chi connectivity index (χ0n) is 16.3. The fraction of sp³-hybridized carbons (Fsp3) is 0.300. The summed E-state index contributed by atoms with van der Waals surface area (Å²) in [6.07, 6.45) is 1.09. The van der Waals surface area contributed by atoms with Gasteiger partial charge in [0, 0.05) is 24.5 Å². The van der Waals surface area contributed by atoms with E-state index in [1.807, 2.05) is 31.2 Å². The number of hydrogen-bond acceptors (Lipinski definition) is 5. The summed E-state index contributed by atoms with van der Waals surface area (Å²) < 4.78 is 28.8. The highest BCUT2D eigenvalue weighted by Crippen LogP contribution is 2.26. The second kappa shape index (κ2) is 9.13. The van der Waals surface area contributed by atoms with Gasteiger partial charge in [-0.1, -0.05) is 37.7 Å². The van der Waals surface area contributed by atoms with Crippen molar-refractivity contribution in [3.05, 3.63) is 53.9 Å². The molecule has 0 radical (unpaired) electrons. The van der Waals surface area contributed by atoms with E-state index < -0.39 is 11.8 Å². The molecule has 0 aliphatic heterocycles. The lowest BCUT2D eigenvalue weighted by atomic mass is 10.0. The third kappa shape index (κ3) is 4.97. The van der Waals surface area contributed by atoms with E-state index in [2.05, 4.69) is 34.3 Å². The van der Waals surface area contributed by atoms with E-state index in [9.17, 15) is 13.6 Å². The highest BCUT2D eigenvalue weighted by Gasteiger charge is 2.18. The van der Waals surface area contributed by atoms with Crippen LogP contribution in [0.1, 0.15) is 32.3 Å². The van der Waals surface area contributed by atoms with Crippen molar-refractivity contribution in [1.82, 2.24) is 19.7 Å². The van der Waals surface area contributed by atoms with E-state index in [4.69, 9.17) is 0 Å². The quantitative estimate of drug-likeness (QED) is 0.453. The summed E-state index contributed by atoms with van der Waals surface area (Å²) in [6.45, 7) is 6.52. The minimum Gasteiger partial charge on any atom is -0.325 e.